The second-order valence-corrected chi connectivity index (χ2v) is 7.82. The van der Waals surface area contributed by atoms with E-state index in [1.54, 1.807) is 0 Å². The van der Waals surface area contributed by atoms with Crippen LogP contribution in [0.1, 0.15) is 27.8 Å². The molecule has 0 aliphatic heterocycles. The van der Waals surface area contributed by atoms with Crippen molar-refractivity contribution in [3.05, 3.63) is 108 Å². The Bertz CT molecular complexity index is 1430. The minimum absolute atomic E-state index is 0.198. The van der Waals surface area contributed by atoms with E-state index in [0.717, 1.165) is 27.3 Å². The number of benzene rings is 4. The number of carbonyl (C=O) groups is 1. The monoisotopic (exact) mass is 421 g/mol. The zero-order chi connectivity index (χ0) is 22.1. The van der Waals surface area contributed by atoms with Crippen molar-refractivity contribution in [2.45, 2.75) is 13.1 Å². The van der Waals surface area contributed by atoms with Gasteiger partial charge in [0.15, 0.2) is 0 Å². The first kappa shape index (κ1) is 19.8. The molecule has 4 aromatic carbocycles. The van der Waals surface area contributed by atoms with Crippen LogP contribution < -0.4 is 16.4 Å². The maximum absolute atomic E-state index is 13.2. The van der Waals surface area contributed by atoms with Crippen LogP contribution in [0.15, 0.2) is 95.4 Å². The smallest absolute Gasteiger partial charge is 0.293 e. The molecular formula is C27H23N3O2. The second kappa shape index (κ2) is 8.21. The molecule has 5 heteroatoms. The van der Waals surface area contributed by atoms with Gasteiger partial charge in [-0.25, -0.2) is 0 Å². The number of nitrogens with one attached hydrogen (secondary N) is 2. The van der Waals surface area contributed by atoms with Crippen LogP contribution in [0.2, 0.25) is 0 Å². The van der Waals surface area contributed by atoms with Crippen LogP contribution in [0.5, 0.6) is 0 Å². The molecule has 1 amide bonds. The van der Waals surface area contributed by atoms with Gasteiger partial charge in [-0.2, -0.15) is 0 Å². The highest BCUT2D eigenvalue weighted by Crippen LogP contribution is 2.34. The van der Waals surface area contributed by atoms with Gasteiger partial charge in [-0.05, 0) is 53.1 Å². The van der Waals surface area contributed by atoms with E-state index < -0.39 is 6.17 Å². The Balaban J connectivity index is 1.53. The van der Waals surface area contributed by atoms with E-state index in [-0.39, 0.29) is 11.7 Å². The van der Waals surface area contributed by atoms with Crippen molar-refractivity contribution in [1.82, 2.24) is 0 Å². The summed E-state index contributed by atoms with van der Waals surface area (Å²) >= 11 is 0. The lowest BCUT2D eigenvalue weighted by molar-refractivity contribution is 0.0999. The molecule has 158 valence electrons. The highest BCUT2D eigenvalue weighted by Gasteiger charge is 2.23. The van der Waals surface area contributed by atoms with Gasteiger partial charge in [-0.1, -0.05) is 66.7 Å². The molecule has 5 nitrogen and oxygen atoms in total. The predicted octanol–water partition coefficient (Wildman–Crippen LogP) is 6.22. The SMILES string of the molecule is Cc1cccc(NC(=O)c2oc3ccccc3c2NC(N)c2cccc3ccccc23)c1. The van der Waals surface area contributed by atoms with E-state index in [1.165, 1.54) is 0 Å². The van der Waals surface area contributed by atoms with Crippen molar-refractivity contribution in [2.75, 3.05) is 10.6 Å². The summed E-state index contributed by atoms with van der Waals surface area (Å²) in [7, 11) is 0. The van der Waals surface area contributed by atoms with Gasteiger partial charge in [0.2, 0.25) is 5.76 Å². The molecule has 1 atom stereocenters. The van der Waals surface area contributed by atoms with Crippen molar-refractivity contribution in [1.29, 1.82) is 0 Å². The number of carbonyl (C=O) groups excluding carboxylic acids is 1. The number of para-hydroxylation sites is 1. The zero-order valence-electron chi connectivity index (χ0n) is 17.6. The molecule has 0 radical (unpaired) electrons. The average Bonchev–Trinajstić information content (AvgIpc) is 3.17. The number of nitrogens with two attached hydrogens (primary N) is 1. The quantitative estimate of drug-likeness (QED) is 0.295. The molecule has 0 aliphatic carbocycles. The van der Waals surface area contributed by atoms with E-state index in [1.807, 2.05) is 85.8 Å². The standard InChI is InChI=1S/C27H23N3O2/c1-17-8-6-11-19(16-17)29-27(31)25-24(22-13-4-5-15-23(22)32-25)30-26(28)21-14-7-10-18-9-2-3-12-20(18)21/h2-16,26,30H,28H2,1H3,(H,29,31). The summed E-state index contributed by atoms with van der Waals surface area (Å²) in [4.78, 5) is 13.2. The van der Waals surface area contributed by atoms with Gasteiger partial charge < -0.3 is 20.8 Å². The molecule has 1 unspecified atom stereocenters. The molecule has 4 N–H and O–H groups in total. The van der Waals surface area contributed by atoms with E-state index in [4.69, 9.17) is 10.2 Å². The third-order valence-electron chi connectivity index (χ3n) is 5.54. The first-order valence-electron chi connectivity index (χ1n) is 10.5. The molecule has 32 heavy (non-hydrogen) atoms. The van der Waals surface area contributed by atoms with Crippen LogP contribution in [0, 0.1) is 6.92 Å². The molecule has 0 aliphatic rings. The molecule has 5 aromatic rings. The fourth-order valence-corrected chi connectivity index (χ4v) is 4.01. The zero-order valence-corrected chi connectivity index (χ0v) is 17.6. The minimum Gasteiger partial charge on any atom is -0.449 e. The molecule has 0 saturated heterocycles. The Labute approximate surface area is 185 Å². The Morgan fingerprint density at radius 2 is 1.59 bits per heavy atom. The third kappa shape index (κ3) is 3.70. The molecule has 1 heterocycles. The fourth-order valence-electron chi connectivity index (χ4n) is 4.01. The predicted molar refractivity (Wildman–Crippen MR) is 130 cm³/mol. The minimum atomic E-state index is -0.535. The first-order valence-corrected chi connectivity index (χ1v) is 10.5. The van der Waals surface area contributed by atoms with Crippen LogP contribution in [0.25, 0.3) is 21.7 Å². The number of fused-ring (bicyclic) bond motifs is 2. The van der Waals surface area contributed by atoms with Gasteiger partial charge in [0, 0.05) is 11.1 Å². The summed E-state index contributed by atoms with van der Waals surface area (Å²) in [5.41, 5.74) is 10.5. The van der Waals surface area contributed by atoms with Crippen molar-refractivity contribution < 1.29 is 9.21 Å². The molecule has 5 rings (SSSR count). The lowest BCUT2D eigenvalue weighted by atomic mass is 10.0. The van der Waals surface area contributed by atoms with Crippen molar-refractivity contribution in [2.24, 2.45) is 5.73 Å². The second-order valence-electron chi connectivity index (χ2n) is 7.82. The van der Waals surface area contributed by atoms with Crippen molar-refractivity contribution >= 4 is 39.0 Å². The van der Waals surface area contributed by atoms with Gasteiger partial charge in [0.1, 0.15) is 11.7 Å². The Morgan fingerprint density at radius 3 is 2.44 bits per heavy atom. The summed E-state index contributed by atoms with van der Waals surface area (Å²) in [5, 5.41) is 9.25. The van der Waals surface area contributed by atoms with Gasteiger partial charge in [0.25, 0.3) is 5.91 Å². The van der Waals surface area contributed by atoms with Gasteiger partial charge in [0.05, 0.1) is 5.69 Å². The highest BCUT2D eigenvalue weighted by atomic mass is 16.3. The van der Waals surface area contributed by atoms with Crippen LogP contribution >= 0.6 is 0 Å². The molecule has 0 bridgehead atoms. The fraction of sp³-hybridized carbons (Fsp3) is 0.0741. The number of hydrogen-bond donors (Lipinski definition) is 3. The molecule has 0 fully saturated rings. The van der Waals surface area contributed by atoms with Crippen molar-refractivity contribution in [3.8, 4) is 0 Å². The summed E-state index contributed by atoms with van der Waals surface area (Å²) in [5.74, 6) is -0.136. The highest BCUT2D eigenvalue weighted by molar-refractivity contribution is 6.11. The lowest BCUT2D eigenvalue weighted by Crippen LogP contribution is -2.22. The maximum atomic E-state index is 13.2. The van der Waals surface area contributed by atoms with Gasteiger partial charge >= 0.3 is 0 Å². The third-order valence-corrected chi connectivity index (χ3v) is 5.54. The van der Waals surface area contributed by atoms with Crippen LogP contribution in [-0.2, 0) is 0 Å². The van der Waals surface area contributed by atoms with E-state index >= 15 is 0 Å². The summed E-state index contributed by atoms with van der Waals surface area (Å²) in [6.45, 7) is 1.98. The Hall–Kier alpha value is -4.09. The first-order chi connectivity index (χ1) is 15.6. The number of amides is 1. The Morgan fingerprint density at radius 1 is 0.875 bits per heavy atom. The average molecular weight is 422 g/mol. The number of rotatable bonds is 5. The lowest BCUT2D eigenvalue weighted by Gasteiger charge is -2.18. The normalized spacial score (nSPS) is 12.1. The number of hydrogen-bond acceptors (Lipinski definition) is 4. The molecule has 0 spiro atoms. The number of aryl methyl sites for hydroxylation is 1. The molecule has 0 saturated carbocycles. The summed E-state index contributed by atoms with van der Waals surface area (Å²) in [6, 6.07) is 29.3. The van der Waals surface area contributed by atoms with Crippen LogP contribution in [0.4, 0.5) is 11.4 Å². The summed E-state index contributed by atoms with van der Waals surface area (Å²) in [6.07, 6.45) is -0.535. The molecule has 1 aromatic heterocycles. The molecular weight excluding hydrogens is 398 g/mol. The van der Waals surface area contributed by atoms with Crippen LogP contribution in [-0.4, -0.2) is 5.91 Å². The Kier molecular flexibility index (Phi) is 5.09. The maximum Gasteiger partial charge on any atom is 0.293 e. The van der Waals surface area contributed by atoms with Gasteiger partial charge in [-0.15, -0.1) is 0 Å². The van der Waals surface area contributed by atoms with E-state index in [0.29, 0.717) is 17.0 Å². The van der Waals surface area contributed by atoms with Crippen LogP contribution in [0.3, 0.4) is 0 Å². The van der Waals surface area contributed by atoms with E-state index in [2.05, 4.69) is 22.8 Å². The number of furan rings is 1. The number of anilines is 2. The largest absolute Gasteiger partial charge is 0.449 e. The topological polar surface area (TPSA) is 80.3 Å². The van der Waals surface area contributed by atoms with Gasteiger partial charge in [-0.3, -0.25) is 4.79 Å². The van der Waals surface area contributed by atoms with E-state index in [9.17, 15) is 4.79 Å². The van der Waals surface area contributed by atoms with Crippen molar-refractivity contribution in [3.63, 3.8) is 0 Å². The summed E-state index contributed by atoms with van der Waals surface area (Å²) < 4.78 is 5.96.